The standard InChI is InChI=1S/C10H11NO4S/c1-7(12)11-5-4-8-2-3-9(6-10(8)11)16(13,14)15/h2-3,6H,4-5H2,1H3,(H,13,14,15). The zero-order chi connectivity index (χ0) is 11.9. The summed E-state index contributed by atoms with van der Waals surface area (Å²) in [6.07, 6.45) is 0.709. The van der Waals surface area contributed by atoms with Gasteiger partial charge in [0, 0.05) is 19.2 Å². The molecule has 1 heterocycles. The minimum absolute atomic E-state index is 0.133. The van der Waals surface area contributed by atoms with Gasteiger partial charge in [0.2, 0.25) is 5.91 Å². The van der Waals surface area contributed by atoms with Gasteiger partial charge in [-0.25, -0.2) is 0 Å². The summed E-state index contributed by atoms with van der Waals surface area (Å²) in [5.74, 6) is -0.133. The molecule has 1 aliphatic heterocycles. The van der Waals surface area contributed by atoms with Crippen LogP contribution in [0.5, 0.6) is 0 Å². The smallest absolute Gasteiger partial charge is 0.294 e. The van der Waals surface area contributed by atoms with Crippen LogP contribution in [0.2, 0.25) is 0 Å². The van der Waals surface area contributed by atoms with Crippen molar-refractivity contribution >= 4 is 21.7 Å². The number of carbonyl (C=O) groups is 1. The van der Waals surface area contributed by atoms with Crippen LogP contribution in [0.15, 0.2) is 23.1 Å². The topological polar surface area (TPSA) is 74.7 Å². The average molecular weight is 241 g/mol. The van der Waals surface area contributed by atoms with Crippen molar-refractivity contribution in [3.05, 3.63) is 23.8 Å². The maximum atomic E-state index is 11.3. The molecule has 5 nitrogen and oxygen atoms in total. The monoisotopic (exact) mass is 241 g/mol. The molecule has 1 amide bonds. The Kier molecular flexibility index (Phi) is 2.47. The van der Waals surface area contributed by atoms with Crippen LogP contribution in [0.4, 0.5) is 5.69 Å². The molecule has 0 fully saturated rings. The highest BCUT2D eigenvalue weighted by Gasteiger charge is 2.24. The number of amides is 1. The van der Waals surface area contributed by atoms with E-state index >= 15 is 0 Å². The average Bonchev–Trinajstić information content (AvgIpc) is 2.58. The second-order valence-electron chi connectivity index (χ2n) is 3.69. The van der Waals surface area contributed by atoms with E-state index in [-0.39, 0.29) is 10.8 Å². The van der Waals surface area contributed by atoms with Gasteiger partial charge in [-0.15, -0.1) is 0 Å². The van der Waals surface area contributed by atoms with Crippen LogP contribution in [-0.2, 0) is 21.3 Å². The predicted octanol–water partition coefficient (Wildman–Crippen LogP) is 0.842. The first-order valence-electron chi connectivity index (χ1n) is 4.78. The molecule has 1 N–H and O–H groups in total. The minimum Gasteiger partial charge on any atom is -0.312 e. The van der Waals surface area contributed by atoms with Crippen LogP contribution in [0.1, 0.15) is 12.5 Å². The molecule has 86 valence electrons. The summed E-state index contributed by atoms with van der Waals surface area (Å²) in [6.45, 7) is 1.98. The molecule has 0 radical (unpaired) electrons. The third-order valence-corrected chi connectivity index (χ3v) is 3.48. The summed E-state index contributed by atoms with van der Waals surface area (Å²) in [5, 5.41) is 0. The van der Waals surface area contributed by atoms with Crippen LogP contribution in [0.25, 0.3) is 0 Å². The molecule has 0 unspecified atom stereocenters. The Bertz CT molecular complexity index is 550. The lowest BCUT2D eigenvalue weighted by Crippen LogP contribution is -2.25. The van der Waals surface area contributed by atoms with Crippen LogP contribution < -0.4 is 4.90 Å². The molecule has 0 bridgehead atoms. The second-order valence-corrected chi connectivity index (χ2v) is 5.11. The maximum absolute atomic E-state index is 11.3. The lowest BCUT2D eigenvalue weighted by molar-refractivity contribution is -0.116. The predicted molar refractivity (Wildman–Crippen MR) is 58.0 cm³/mol. The fourth-order valence-corrected chi connectivity index (χ4v) is 2.35. The van der Waals surface area contributed by atoms with Crippen LogP contribution >= 0.6 is 0 Å². The molecule has 1 aromatic rings. The fourth-order valence-electron chi connectivity index (χ4n) is 1.85. The molecule has 0 saturated heterocycles. The number of hydrogen-bond donors (Lipinski definition) is 1. The molecule has 0 aromatic heterocycles. The number of nitrogens with zero attached hydrogens (tertiary/aromatic N) is 1. The Hall–Kier alpha value is -1.40. The fraction of sp³-hybridized carbons (Fsp3) is 0.300. The zero-order valence-corrected chi connectivity index (χ0v) is 9.49. The van der Waals surface area contributed by atoms with Gasteiger partial charge in [0.15, 0.2) is 0 Å². The van der Waals surface area contributed by atoms with Gasteiger partial charge in [-0.1, -0.05) is 6.07 Å². The number of carbonyl (C=O) groups excluding carboxylic acids is 1. The lowest BCUT2D eigenvalue weighted by Gasteiger charge is -2.14. The van der Waals surface area contributed by atoms with E-state index in [1.54, 1.807) is 6.07 Å². The third kappa shape index (κ3) is 1.81. The largest absolute Gasteiger partial charge is 0.312 e. The number of rotatable bonds is 1. The first kappa shape index (κ1) is 11.1. The van der Waals surface area contributed by atoms with Crippen molar-refractivity contribution in [2.75, 3.05) is 11.4 Å². The van der Waals surface area contributed by atoms with Gasteiger partial charge in [0.25, 0.3) is 10.1 Å². The summed E-state index contributed by atoms with van der Waals surface area (Å²) < 4.78 is 30.8. The van der Waals surface area contributed by atoms with Crippen molar-refractivity contribution in [2.24, 2.45) is 0 Å². The highest BCUT2D eigenvalue weighted by atomic mass is 32.2. The Morgan fingerprint density at radius 1 is 1.44 bits per heavy atom. The molecule has 0 atom stereocenters. The quantitative estimate of drug-likeness (QED) is 0.739. The number of fused-ring (bicyclic) bond motifs is 1. The molecule has 0 aliphatic carbocycles. The molecule has 0 saturated carbocycles. The van der Waals surface area contributed by atoms with E-state index in [0.29, 0.717) is 18.7 Å². The molecule has 6 heteroatoms. The van der Waals surface area contributed by atoms with Crippen LogP contribution in [-0.4, -0.2) is 25.4 Å². The van der Waals surface area contributed by atoms with Crippen LogP contribution in [0, 0.1) is 0 Å². The van der Waals surface area contributed by atoms with Crippen molar-refractivity contribution in [1.29, 1.82) is 0 Å². The molecule has 1 aromatic carbocycles. The van der Waals surface area contributed by atoms with Gasteiger partial charge in [-0.05, 0) is 24.1 Å². The summed E-state index contributed by atoms with van der Waals surface area (Å²) in [6, 6.07) is 4.30. The van der Waals surface area contributed by atoms with E-state index < -0.39 is 10.1 Å². The van der Waals surface area contributed by atoms with Crippen molar-refractivity contribution < 1.29 is 17.8 Å². The van der Waals surface area contributed by atoms with Gasteiger partial charge in [0.05, 0.1) is 4.90 Å². The van der Waals surface area contributed by atoms with E-state index in [2.05, 4.69) is 0 Å². The summed E-state index contributed by atoms with van der Waals surface area (Å²) in [5.41, 5.74) is 1.49. The van der Waals surface area contributed by atoms with E-state index in [1.807, 2.05) is 0 Å². The summed E-state index contributed by atoms with van der Waals surface area (Å²) in [4.78, 5) is 12.6. The summed E-state index contributed by atoms with van der Waals surface area (Å²) >= 11 is 0. The lowest BCUT2D eigenvalue weighted by atomic mass is 10.2. The van der Waals surface area contributed by atoms with Gasteiger partial charge >= 0.3 is 0 Å². The van der Waals surface area contributed by atoms with Gasteiger partial charge in [-0.3, -0.25) is 9.35 Å². The maximum Gasteiger partial charge on any atom is 0.294 e. The molecule has 1 aliphatic rings. The Labute approximate surface area is 93.4 Å². The highest BCUT2D eigenvalue weighted by Crippen LogP contribution is 2.30. The first-order chi connectivity index (χ1) is 7.39. The number of benzene rings is 1. The Morgan fingerprint density at radius 2 is 2.12 bits per heavy atom. The second kappa shape index (κ2) is 3.57. The Morgan fingerprint density at radius 3 is 2.69 bits per heavy atom. The van der Waals surface area contributed by atoms with Crippen molar-refractivity contribution in [2.45, 2.75) is 18.2 Å². The molecular weight excluding hydrogens is 230 g/mol. The molecule has 2 rings (SSSR count). The van der Waals surface area contributed by atoms with Crippen molar-refractivity contribution in [3.63, 3.8) is 0 Å². The van der Waals surface area contributed by atoms with E-state index in [4.69, 9.17) is 4.55 Å². The zero-order valence-electron chi connectivity index (χ0n) is 8.67. The van der Waals surface area contributed by atoms with E-state index in [0.717, 1.165) is 5.56 Å². The normalized spacial score (nSPS) is 15.0. The van der Waals surface area contributed by atoms with Gasteiger partial charge < -0.3 is 4.90 Å². The highest BCUT2D eigenvalue weighted by molar-refractivity contribution is 7.85. The van der Waals surface area contributed by atoms with E-state index in [1.165, 1.54) is 24.0 Å². The number of anilines is 1. The van der Waals surface area contributed by atoms with E-state index in [9.17, 15) is 13.2 Å². The third-order valence-electron chi connectivity index (χ3n) is 2.63. The molecule has 0 spiro atoms. The van der Waals surface area contributed by atoms with Crippen LogP contribution in [0.3, 0.4) is 0 Å². The minimum atomic E-state index is -4.21. The van der Waals surface area contributed by atoms with Crippen molar-refractivity contribution in [3.8, 4) is 0 Å². The van der Waals surface area contributed by atoms with Gasteiger partial charge in [-0.2, -0.15) is 8.42 Å². The van der Waals surface area contributed by atoms with Crippen molar-refractivity contribution in [1.82, 2.24) is 0 Å². The Balaban J connectivity index is 2.54. The first-order valence-corrected chi connectivity index (χ1v) is 6.22. The van der Waals surface area contributed by atoms with Gasteiger partial charge in [0.1, 0.15) is 0 Å². The SMILES string of the molecule is CC(=O)N1CCc2ccc(S(=O)(=O)O)cc21. The molecule has 16 heavy (non-hydrogen) atoms. The summed E-state index contributed by atoms with van der Waals surface area (Å²) in [7, 11) is -4.21. The molecular formula is C10H11NO4S. The number of hydrogen-bond acceptors (Lipinski definition) is 3.